The first-order valence-electron chi connectivity index (χ1n) is 9.41. The fourth-order valence-electron chi connectivity index (χ4n) is 3.17. The number of hydrogen-bond donors (Lipinski definition) is 1. The summed E-state index contributed by atoms with van der Waals surface area (Å²) in [7, 11) is 0. The molecule has 1 amide bonds. The lowest BCUT2D eigenvalue weighted by Crippen LogP contribution is -2.35. The van der Waals surface area contributed by atoms with Crippen LogP contribution < -0.4 is 10.1 Å². The van der Waals surface area contributed by atoms with E-state index in [0.29, 0.717) is 12.3 Å². The summed E-state index contributed by atoms with van der Waals surface area (Å²) >= 11 is 0. The highest BCUT2D eigenvalue weighted by Crippen LogP contribution is 2.14. The highest BCUT2D eigenvalue weighted by molar-refractivity contribution is 5.80. The van der Waals surface area contributed by atoms with E-state index in [0.717, 1.165) is 12.1 Å². The van der Waals surface area contributed by atoms with Crippen molar-refractivity contribution in [1.29, 1.82) is 0 Å². The molecule has 0 radical (unpaired) electrons. The second-order valence-electron chi connectivity index (χ2n) is 7.09. The number of aryl methyl sites for hydroxylation is 1. The smallest absolute Gasteiger partial charge is 0.261 e. The van der Waals surface area contributed by atoms with E-state index >= 15 is 0 Å². The molecule has 0 bridgehead atoms. The molecule has 0 unspecified atom stereocenters. The minimum atomic E-state index is -0.521. The lowest BCUT2D eigenvalue weighted by atomic mass is 10.1. The van der Waals surface area contributed by atoms with Crippen LogP contribution in [0.3, 0.4) is 0 Å². The third kappa shape index (κ3) is 5.33. The second-order valence-corrected chi connectivity index (χ2v) is 7.09. The molecule has 1 aliphatic heterocycles. The van der Waals surface area contributed by atoms with Crippen LogP contribution in [-0.2, 0) is 17.9 Å². The van der Waals surface area contributed by atoms with Crippen molar-refractivity contribution >= 4 is 5.91 Å². The van der Waals surface area contributed by atoms with Gasteiger partial charge in [0.1, 0.15) is 5.75 Å². The first-order chi connectivity index (χ1) is 12.6. The van der Waals surface area contributed by atoms with Crippen LogP contribution in [0.2, 0.25) is 0 Å². The van der Waals surface area contributed by atoms with Gasteiger partial charge in [-0.25, -0.2) is 0 Å². The van der Waals surface area contributed by atoms with Crippen LogP contribution in [0.25, 0.3) is 0 Å². The quantitative estimate of drug-likeness (QED) is 0.827. The van der Waals surface area contributed by atoms with Gasteiger partial charge in [-0.1, -0.05) is 42.0 Å². The molecular weight excluding hydrogens is 324 g/mol. The number of carbonyl (C=O) groups excluding carboxylic acids is 1. The first-order valence-corrected chi connectivity index (χ1v) is 9.41. The maximum Gasteiger partial charge on any atom is 0.261 e. The zero-order valence-corrected chi connectivity index (χ0v) is 15.7. The number of carbonyl (C=O) groups is 1. The summed E-state index contributed by atoms with van der Waals surface area (Å²) in [5, 5.41) is 2.95. The van der Waals surface area contributed by atoms with Gasteiger partial charge in [0.2, 0.25) is 0 Å². The van der Waals surface area contributed by atoms with E-state index in [9.17, 15) is 4.79 Å². The van der Waals surface area contributed by atoms with Gasteiger partial charge in [0.25, 0.3) is 5.91 Å². The summed E-state index contributed by atoms with van der Waals surface area (Å²) in [4.78, 5) is 14.7. The largest absolute Gasteiger partial charge is 0.481 e. The standard InChI is InChI=1S/C22H28N2O2/c1-17-5-11-21(12-6-17)26-18(2)22(25)23-15-19-7-9-20(10-8-19)16-24-13-3-4-14-24/h5-12,18H,3-4,13-16H2,1-2H3,(H,23,25)/t18-/m1/s1. The van der Waals surface area contributed by atoms with Crippen LogP contribution in [0, 0.1) is 6.92 Å². The molecule has 0 saturated carbocycles. The second kappa shape index (κ2) is 8.86. The zero-order valence-electron chi connectivity index (χ0n) is 15.7. The van der Waals surface area contributed by atoms with Crippen molar-refractivity contribution in [1.82, 2.24) is 10.2 Å². The van der Waals surface area contributed by atoms with Crippen molar-refractivity contribution in [3.8, 4) is 5.75 Å². The minimum absolute atomic E-state index is 0.105. The van der Waals surface area contributed by atoms with Gasteiger partial charge in [0.15, 0.2) is 6.10 Å². The lowest BCUT2D eigenvalue weighted by Gasteiger charge is -2.16. The number of benzene rings is 2. The Labute approximate surface area is 156 Å². The molecule has 1 atom stereocenters. The Morgan fingerprint density at radius 1 is 1.04 bits per heavy atom. The van der Waals surface area contributed by atoms with E-state index in [1.807, 2.05) is 31.2 Å². The molecule has 1 aliphatic rings. The molecule has 1 heterocycles. The van der Waals surface area contributed by atoms with Crippen LogP contribution in [-0.4, -0.2) is 30.0 Å². The van der Waals surface area contributed by atoms with E-state index in [4.69, 9.17) is 4.74 Å². The summed E-state index contributed by atoms with van der Waals surface area (Å²) in [5.74, 6) is 0.608. The Hall–Kier alpha value is -2.33. The van der Waals surface area contributed by atoms with E-state index in [-0.39, 0.29) is 5.91 Å². The molecule has 0 aliphatic carbocycles. The van der Waals surface area contributed by atoms with Gasteiger partial charge in [-0.2, -0.15) is 0 Å². The molecule has 1 N–H and O–H groups in total. The summed E-state index contributed by atoms with van der Waals surface area (Å²) in [5.41, 5.74) is 3.60. The van der Waals surface area contributed by atoms with Gasteiger partial charge in [0.05, 0.1) is 0 Å². The number of amides is 1. The Bertz CT molecular complexity index is 704. The maximum absolute atomic E-state index is 12.2. The van der Waals surface area contributed by atoms with Gasteiger partial charge in [0, 0.05) is 13.1 Å². The summed E-state index contributed by atoms with van der Waals surface area (Å²) in [6.07, 6.45) is 2.10. The molecule has 3 rings (SSSR count). The van der Waals surface area contributed by atoms with Gasteiger partial charge < -0.3 is 10.1 Å². The monoisotopic (exact) mass is 352 g/mol. The SMILES string of the molecule is Cc1ccc(O[C@H](C)C(=O)NCc2ccc(CN3CCCC3)cc2)cc1. The zero-order chi connectivity index (χ0) is 18.4. The van der Waals surface area contributed by atoms with Gasteiger partial charge in [-0.05, 0) is 63.0 Å². The average Bonchev–Trinajstić information content (AvgIpc) is 3.16. The molecule has 2 aromatic carbocycles. The molecule has 4 heteroatoms. The predicted octanol–water partition coefficient (Wildman–Crippen LogP) is 3.67. The van der Waals surface area contributed by atoms with E-state index in [1.165, 1.54) is 37.1 Å². The molecule has 0 aromatic heterocycles. The lowest BCUT2D eigenvalue weighted by molar-refractivity contribution is -0.127. The molecule has 1 saturated heterocycles. The molecule has 0 spiro atoms. The Balaban J connectivity index is 1.45. The highest BCUT2D eigenvalue weighted by Gasteiger charge is 2.14. The molecule has 1 fully saturated rings. The van der Waals surface area contributed by atoms with Crippen LogP contribution in [0.1, 0.15) is 36.5 Å². The number of rotatable bonds is 7. The number of ether oxygens (including phenoxy) is 1. The fourth-order valence-corrected chi connectivity index (χ4v) is 3.17. The van der Waals surface area contributed by atoms with Crippen molar-refractivity contribution in [3.05, 3.63) is 65.2 Å². The summed E-state index contributed by atoms with van der Waals surface area (Å²) in [6, 6.07) is 16.2. The third-order valence-corrected chi connectivity index (χ3v) is 4.80. The van der Waals surface area contributed by atoms with E-state index < -0.39 is 6.10 Å². The van der Waals surface area contributed by atoms with Crippen molar-refractivity contribution in [2.45, 2.75) is 45.9 Å². The average molecular weight is 352 g/mol. The molecule has 26 heavy (non-hydrogen) atoms. The number of hydrogen-bond acceptors (Lipinski definition) is 3. The number of nitrogens with zero attached hydrogens (tertiary/aromatic N) is 1. The van der Waals surface area contributed by atoms with Crippen molar-refractivity contribution in [3.63, 3.8) is 0 Å². The summed E-state index contributed by atoms with van der Waals surface area (Å²) < 4.78 is 5.70. The van der Waals surface area contributed by atoms with E-state index in [2.05, 4.69) is 34.5 Å². The van der Waals surface area contributed by atoms with E-state index in [1.54, 1.807) is 6.92 Å². The summed E-state index contributed by atoms with van der Waals surface area (Å²) in [6.45, 7) is 7.75. The van der Waals surface area contributed by atoms with Gasteiger partial charge in [-0.15, -0.1) is 0 Å². The van der Waals surface area contributed by atoms with Crippen LogP contribution in [0.15, 0.2) is 48.5 Å². The fraction of sp³-hybridized carbons (Fsp3) is 0.409. The van der Waals surface area contributed by atoms with Crippen molar-refractivity contribution in [2.24, 2.45) is 0 Å². The predicted molar refractivity (Wildman–Crippen MR) is 104 cm³/mol. The van der Waals surface area contributed by atoms with Gasteiger partial charge in [-0.3, -0.25) is 9.69 Å². The normalized spacial score (nSPS) is 15.6. The van der Waals surface area contributed by atoms with Gasteiger partial charge >= 0.3 is 0 Å². The van der Waals surface area contributed by atoms with Crippen LogP contribution >= 0.6 is 0 Å². The maximum atomic E-state index is 12.2. The highest BCUT2D eigenvalue weighted by atomic mass is 16.5. The molecule has 138 valence electrons. The number of nitrogens with one attached hydrogen (secondary N) is 1. The van der Waals surface area contributed by atoms with Crippen LogP contribution in [0.4, 0.5) is 0 Å². The Morgan fingerprint density at radius 2 is 1.65 bits per heavy atom. The van der Waals surface area contributed by atoms with Crippen molar-refractivity contribution in [2.75, 3.05) is 13.1 Å². The van der Waals surface area contributed by atoms with Crippen molar-refractivity contribution < 1.29 is 9.53 Å². The minimum Gasteiger partial charge on any atom is -0.481 e. The third-order valence-electron chi connectivity index (χ3n) is 4.80. The first kappa shape index (κ1) is 18.5. The molecular formula is C22H28N2O2. The Kier molecular flexibility index (Phi) is 6.29. The van der Waals surface area contributed by atoms with Crippen LogP contribution in [0.5, 0.6) is 5.75 Å². The number of likely N-dealkylation sites (tertiary alicyclic amines) is 1. The Morgan fingerprint density at radius 3 is 2.31 bits per heavy atom. The topological polar surface area (TPSA) is 41.6 Å². The molecule has 4 nitrogen and oxygen atoms in total. The molecule has 2 aromatic rings.